The Labute approximate surface area is 189 Å². The van der Waals surface area contributed by atoms with Crippen molar-refractivity contribution < 1.29 is 44.5 Å². The van der Waals surface area contributed by atoms with Crippen LogP contribution >= 0.6 is 36.5 Å². The molecular formula is C20H13BrCl2S2Zr. The Morgan fingerprint density at radius 3 is 2.69 bits per heavy atom. The van der Waals surface area contributed by atoms with E-state index in [9.17, 15) is 0 Å². The summed E-state index contributed by atoms with van der Waals surface area (Å²) in [4.78, 5) is 1.42. The minimum absolute atomic E-state index is 0. The fourth-order valence-corrected chi connectivity index (χ4v) is 12.5. The number of alkyl halides is 1. The Balaban J connectivity index is 0.000000980. The molecule has 2 aromatic carbocycles. The summed E-state index contributed by atoms with van der Waals surface area (Å²) in [6.07, 6.45) is 9.29. The molecular weight excluding hydrogens is 546 g/mol. The summed E-state index contributed by atoms with van der Waals surface area (Å²) in [5.41, 5.74) is 4.17. The molecule has 2 unspecified atom stereocenters. The normalized spacial score (nSPS) is 20.6. The van der Waals surface area contributed by atoms with E-state index in [1.165, 1.54) is 35.3 Å². The number of halogens is 3. The first-order chi connectivity index (χ1) is 11.7. The van der Waals surface area contributed by atoms with Gasteiger partial charge < -0.3 is 24.8 Å². The van der Waals surface area contributed by atoms with Gasteiger partial charge in [-0.2, -0.15) is 0 Å². The van der Waals surface area contributed by atoms with Gasteiger partial charge in [0.15, 0.2) is 0 Å². The van der Waals surface area contributed by atoms with Gasteiger partial charge in [0.05, 0.1) is 0 Å². The summed E-state index contributed by atoms with van der Waals surface area (Å²) < 4.78 is 2.36. The van der Waals surface area contributed by atoms with Crippen LogP contribution in [0.4, 0.5) is 0 Å². The third-order valence-electron chi connectivity index (χ3n) is 4.80. The standard InChI is InChI=1S/C11H6BrS.C9H7.2ClH.S.Zr/c12-10-6-8-5-7-3-1-2-4-9(7)11(8)13-10;1-2-5-9-7-3-6-8(9)4-1;;;;/h1-2,4-6,10H;1-7H;2*1H;;/q;;;;;+2/p-2. The van der Waals surface area contributed by atoms with Gasteiger partial charge in [-0.25, -0.2) is 0 Å². The monoisotopic (exact) mass is 556 g/mol. The fraction of sp³-hybridized carbons (Fsp3) is 0.100. The molecule has 0 fully saturated rings. The summed E-state index contributed by atoms with van der Waals surface area (Å²) in [5, 5.41) is 2.80. The maximum atomic E-state index is 6.22. The molecule has 2 atom stereocenters. The van der Waals surface area contributed by atoms with Crippen molar-refractivity contribution in [3.8, 4) is 0 Å². The summed E-state index contributed by atoms with van der Waals surface area (Å²) in [6, 6.07) is 15.5. The second-order valence-electron chi connectivity index (χ2n) is 6.16. The number of hydrogen-bond donors (Lipinski definition) is 0. The molecule has 0 saturated heterocycles. The van der Waals surface area contributed by atoms with Crippen molar-refractivity contribution in [2.75, 3.05) is 0 Å². The number of fused-ring (bicyclic) bond motifs is 3. The van der Waals surface area contributed by atoms with Crippen LogP contribution in [-0.4, -0.2) is 4.16 Å². The van der Waals surface area contributed by atoms with Crippen LogP contribution in [0.2, 0.25) is 0 Å². The molecule has 0 amide bonds. The first kappa shape index (κ1) is 20.9. The number of hydrogen-bond acceptors (Lipinski definition) is 2. The van der Waals surface area contributed by atoms with Crippen LogP contribution < -0.4 is 38.5 Å². The average molecular weight is 559 g/mol. The third-order valence-corrected chi connectivity index (χ3v) is 14.5. The third kappa shape index (κ3) is 3.36. The van der Waals surface area contributed by atoms with E-state index in [0.717, 1.165) is 0 Å². The van der Waals surface area contributed by atoms with Crippen LogP contribution in [0.5, 0.6) is 0 Å². The van der Waals surface area contributed by atoms with Crippen LogP contribution in [0.1, 0.15) is 14.8 Å². The Bertz CT molecular complexity index is 1090. The Hall–Kier alpha value is 0.173. The van der Waals surface area contributed by atoms with Crippen molar-refractivity contribution in [1.29, 1.82) is 0 Å². The van der Waals surface area contributed by atoms with E-state index in [0.29, 0.717) is 7.79 Å². The van der Waals surface area contributed by atoms with Crippen LogP contribution in [0, 0.1) is 0 Å². The Kier molecular flexibility index (Phi) is 6.65. The molecule has 0 spiro atoms. The molecule has 0 nitrogen and oxygen atoms in total. The Morgan fingerprint density at radius 1 is 1.04 bits per heavy atom. The van der Waals surface area contributed by atoms with Gasteiger partial charge in [0, 0.05) is 0 Å². The van der Waals surface area contributed by atoms with E-state index in [4.69, 9.17) is 8.86 Å². The molecule has 130 valence electrons. The number of thioether (sulfide) groups is 1. The van der Waals surface area contributed by atoms with Gasteiger partial charge in [0.25, 0.3) is 0 Å². The van der Waals surface area contributed by atoms with E-state index < -0.39 is 19.7 Å². The number of benzene rings is 2. The van der Waals surface area contributed by atoms with E-state index in [1.54, 1.807) is 0 Å². The molecule has 3 aliphatic rings. The Morgan fingerprint density at radius 2 is 1.85 bits per heavy atom. The van der Waals surface area contributed by atoms with Gasteiger partial charge >= 0.3 is 166 Å². The second-order valence-corrected chi connectivity index (χ2v) is 16.2. The fourth-order valence-electron chi connectivity index (χ4n) is 3.70. The number of rotatable bonds is 2. The molecule has 2 aliphatic carbocycles. The quantitative estimate of drug-likeness (QED) is 0.396. The average Bonchev–Trinajstić information content (AvgIpc) is 3.25. The van der Waals surface area contributed by atoms with Gasteiger partial charge in [-0.3, -0.25) is 0 Å². The predicted octanol–water partition coefficient (Wildman–Crippen LogP) is -1.88. The van der Waals surface area contributed by atoms with E-state index in [1.807, 2.05) is 11.8 Å². The van der Waals surface area contributed by atoms with Crippen molar-refractivity contribution in [1.82, 2.24) is 0 Å². The molecule has 6 heteroatoms. The van der Waals surface area contributed by atoms with E-state index >= 15 is 0 Å². The molecule has 0 aromatic heterocycles. The van der Waals surface area contributed by atoms with Crippen molar-refractivity contribution in [3.05, 3.63) is 81.8 Å². The maximum absolute atomic E-state index is 6.22. The predicted molar refractivity (Wildman–Crippen MR) is 107 cm³/mol. The zero-order valence-corrected chi connectivity index (χ0v) is 20.6. The summed E-state index contributed by atoms with van der Waals surface area (Å²) in [5.74, 6) is 0. The van der Waals surface area contributed by atoms with Crippen LogP contribution in [0.3, 0.4) is 0 Å². The molecule has 0 bridgehead atoms. The van der Waals surface area contributed by atoms with Crippen LogP contribution in [0.25, 0.3) is 17.1 Å². The van der Waals surface area contributed by atoms with Gasteiger partial charge in [-0.05, 0) is 0 Å². The van der Waals surface area contributed by atoms with Crippen LogP contribution in [0.15, 0.2) is 60.2 Å². The molecule has 1 heterocycles. The van der Waals surface area contributed by atoms with Gasteiger partial charge in [0.1, 0.15) is 0 Å². The van der Waals surface area contributed by atoms with Crippen LogP contribution in [-0.2, 0) is 19.7 Å². The topological polar surface area (TPSA) is 0 Å². The SMILES string of the molecule is [Cl-].[Cl-].[S]=[Zr+2]([c]1cccc2c1=CC1=CC(Br)SC=21)[CH]1C=Cc2ccccc21. The van der Waals surface area contributed by atoms with Gasteiger partial charge in [-0.15, -0.1) is 0 Å². The molecule has 0 radical (unpaired) electrons. The summed E-state index contributed by atoms with van der Waals surface area (Å²) >= 11 is 3.38. The van der Waals surface area contributed by atoms with Crippen molar-refractivity contribution in [3.63, 3.8) is 0 Å². The zero-order valence-electron chi connectivity index (χ0n) is 13.5. The molecule has 1 aliphatic heterocycles. The minimum atomic E-state index is -2.22. The molecule has 5 rings (SSSR count). The van der Waals surface area contributed by atoms with Gasteiger partial charge in [-0.1, -0.05) is 0 Å². The molecule has 0 N–H and O–H groups in total. The van der Waals surface area contributed by atoms with Gasteiger partial charge in [0.2, 0.25) is 0 Å². The summed E-state index contributed by atoms with van der Waals surface area (Å²) in [6.45, 7) is 0. The van der Waals surface area contributed by atoms with E-state index in [2.05, 4.69) is 82.7 Å². The van der Waals surface area contributed by atoms with Crippen molar-refractivity contribution >= 4 is 56.9 Å². The second kappa shape index (κ2) is 8.27. The first-order valence-electron chi connectivity index (χ1n) is 7.92. The molecule has 0 saturated carbocycles. The number of allylic oxidation sites excluding steroid dienone is 1. The zero-order chi connectivity index (χ0) is 16.3. The molecule has 26 heavy (non-hydrogen) atoms. The summed E-state index contributed by atoms with van der Waals surface area (Å²) in [7, 11) is 6.22. The van der Waals surface area contributed by atoms with Crippen molar-refractivity contribution in [2.45, 2.75) is 7.79 Å². The van der Waals surface area contributed by atoms with Crippen molar-refractivity contribution in [2.24, 2.45) is 0 Å². The first-order valence-corrected chi connectivity index (χ1v) is 15.8. The molecule has 2 aromatic rings. The van der Waals surface area contributed by atoms with E-state index in [-0.39, 0.29) is 24.8 Å².